The number of hydrogen-bond donors (Lipinski definition) is 0. The Balaban J connectivity index is 0. The van der Waals surface area contributed by atoms with Crippen LogP contribution in [0.3, 0.4) is 0 Å². The van der Waals surface area contributed by atoms with Crippen LogP contribution in [0.15, 0.2) is 0 Å². The van der Waals surface area contributed by atoms with Gasteiger partial charge in [-0.25, -0.2) is 0 Å². The van der Waals surface area contributed by atoms with E-state index in [1.807, 2.05) is 0 Å². The average molecular weight is 193 g/mol. The first-order valence-electron chi connectivity index (χ1n) is 4.12. The molecule has 0 heterocycles. The molecule has 2 nitrogen and oxygen atoms in total. The summed E-state index contributed by atoms with van der Waals surface area (Å²) in [5.41, 5.74) is 0. The predicted molar refractivity (Wildman–Crippen MR) is 40.1 cm³/mol. The molecule has 0 aromatic heterocycles. The Bertz CT molecular complexity index is 82.1. The Morgan fingerprint density at radius 3 is 1.91 bits per heavy atom. The summed E-state index contributed by atoms with van der Waals surface area (Å²) in [5.74, 6) is 0. The minimum absolute atomic E-state index is 1.11. The van der Waals surface area contributed by atoms with Gasteiger partial charge in [-0.2, -0.15) is 6.42 Å². The molecule has 0 unspecified atom stereocenters. The molecule has 0 aliphatic carbocycles. The van der Waals surface area contributed by atoms with Gasteiger partial charge in [-0.15, -0.1) is 0 Å². The molecule has 0 bridgehead atoms. The van der Waals surface area contributed by atoms with Crippen LogP contribution >= 0.6 is 0 Å². The molecule has 66 valence electrons. The Morgan fingerprint density at radius 2 is 1.55 bits per heavy atom. The van der Waals surface area contributed by atoms with E-state index in [4.69, 9.17) is 6.65 Å². The van der Waals surface area contributed by atoms with Crippen molar-refractivity contribution in [2.75, 3.05) is 0 Å². The van der Waals surface area contributed by atoms with Crippen LogP contribution in [0.4, 0.5) is 0 Å². The van der Waals surface area contributed by atoms with Crippen molar-refractivity contribution in [1.82, 2.24) is 0 Å². The van der Waals surface area contributed by atoms with Gasteiger partial charge in [0.05, 0.1) is 0 Å². The van der Waals surface area contributed by atoms with Crippen molar-refractivity contribution < 1.29 is 25.7 Å². The third kappa shape index (κ3) is 25.2. The van der Waals surface area contributed by atoms with Crippen molar-refractivity contribution in [3.63, 3.8) is 0 Å². The molecule has 0 aromatic carbocycles. The topological polar surface area (TPSA) is 34.1 Å². The molecule has 0 aliphatic rings. The minimum atomic E-state index is -2.00. The molecule has 0 radical (unpaired) electrons. The number of hydrogen-bond acceptors (Lipinski definition) is 2. The third-order valence-corrected chi connectivity index (χ3v) is 1.35. The van der Waals surface area contributed by atoms with Gasteiger partial charge in [0, 0.05) is 0 Å². The van der Waals surface area contributed by atoms with Crippen LogP contribution in [0.5, 0.6) is 0 Å². The second-order valence-electron chi connectivity index (χ2n) is 2.35. The predicted octanol–water partition coefficient (Wildman–Crippen LogP) is 2.94. The van der Waals surface area contributed by atoms with E-state index in [-0.39, 0.29) is 0 Å². The first-order chi connectivity index (χ1) is 5.33. The summed E-state index contributed by atoms with van der Waals surface area (Å²) in [6.45, 7) is 6.02. The fraction of sp³-hybridized carbons (Fsp3) is 0.875. The SMILES string of the molecule is [CH2-]CCCCCCC.[O]=[Ti]=[O]. The second-order valence-corrected chi connectivity index (χ2v) is 2.61. The van der Waals surface area contributed by atoms with Crippen LogP contribution in [0.1, 0.15) is 45.4 Å². The molecule has 0 amide bonds. The molecule has 0 aliphatic heterocycles. The molecule has 0 rings (SSSR count). The van der Waals surface area contributed by atoms with Crippen molar-refractivity contribution in [3.8, 4) is 0 Å². The van der Waals surface area contributed by atoms with E-state index < -0.39 is 19.1 Å². The Kier molecular flexibility index (Phi) is 21.1. The van der Waals surface area contributed by atoms with Gasteiger partial charge in [0.1, 0.15) is 0 Å². The van der Waals surface area contributed by atoms with Gasteiger partial charge >= 0.3 is 25.7 Å². The van der Waals surface area contributed by atoms with Crippen LogP contribution in [0, 0.1) is 6.92 Å². The molecular formula is C8H17O2Ti-. The zero-order valence-corrected chi connectivity index (χ0v) is 8.83. The van der Waals surface area contributed by atoms with Gasteiger partial charge in [-0.1, -0.05) is 39.0 Å². The first kappa shape index (κ1) is 13.9. The Hall–Kier alpha value is 0.314. The van der Waals surface area contributed by atoms with E-state index in [9.17, 15) is 0 Å². The van der Waals surface area contributed by atoms with Crippen molar-refractivity contribution in [2.45, 2.75) is 45.4 Å². The van der Waals surface area contributed by atoms with E-state index in [1.54, 1.807) is 0 Å². The number of rotatable bonds is 5. The second kappa shape index (κ2) is 16.7. The maximum atomic E-state index is 8.50. The van der Waals surface area contributed by atoms with Crippen LogP contribution in [-0.4, -0.2) is 0 Å². The molecule has 0 saturated heterocycles. The van der Waals surface area contributed by atoms with Crippen LogP contribution in [-0.2, 0) is 25.7 Å². The molecule has 0 aromatic rings. The fourth-order valence-corrected chi connectivity index (χ4v) is 0.780. The molecular weight excluding hydrogens is 176 g/mol. The summed E-state index contributed by atoms with van der Waals surface area (Å²) in [5, 5.41) is 0. The van der Waals surface area contributed by atoms with Gasteiger partial charge in [0.15, 0.2) is 0 Å². The molecule has 0 fully saturated rings. The Morgan fingerprint density at radius 1 is 1.09 bits per heavy atom. The zero-order chi connectivity index (χ0) is 8.95. The fourth-order valence-electron chi connectivity index (χ4n) is 0.780. The standard InChI is InChI=1S/C8H17.2O.Ti/c1-3-5-7-8-6-4-2;;;/h1,3-8H2,2H3;;;/q-1;;;. The van der Waals surface area contributed by atoms with Crippen molar-refractivity contribution in [2.24, 2.45) is 0 Å². The quantitative estimate of drug-likeness (QED) is 0.382. The van der Waals surface area contributed by atoms with E-state index in [0.717, 1.165) is 6.42 Å². The summed E-state index contributed by atoms with van der Waals surface area (Å²) in [4.78, 5) is 0. The summed E-state index contributed by atoms with van der Waals surface area (Å²) < 4.78 is 17.0. The van der Waals surface area contributed by atoms with E-state index in [1.165, 1.54) is 32.1 Å². The number of unbranched alkanes of at least 4 members (excludes halogenated alkanes) is 5. The van der Waals surface area contributed by atoms with Crippen LogP contribution in [0.2, 0.25) is 0 Å². The van der Waals surface area contributed by atoms with Gasteiger partial charge in [-0.05, 0) is 0 Å². The van der Waals surface area contributed by atoms with Crippen LogP contribution < -0.4 is 0 Å². The molecule has 0 atom stereocenters. The summed E-state index contributed by atoms with van der Waals surface area (Å²) in [6.07, 6.45) is 7.98. The zero-order valence-electron chi connectivity index (χ0n) is 7.27. The molecule has 0 saturated carbocycles. The normalized spacial score (nSPS) is 7.82. The molecule has 11 heavy (non-hydrogen) atoms. The van der Waals surface area contributed by atoms with Gasteiger partial charge in [0.2, 0.25) is 0 Å². The molecule has 0 spiro atoms. The van der Waals surface area contributed by atoms with Crippen molar-refractivity contribution in [3.05, 3.63) is 6.92 Å². The third-order valence-electron chi connectivity index (χ3n) is 1.35. The monoisotopic (exact) mass is 193 g/mol. The first-order valence-corrected chi connectivity index (χ1v) is 5.39. The summed E-state index contributed by atoms with van der Waals surface area (Å²) >= 11 is -2.00. The van der Waals surface area contributed by atoms with Gasteiger partial charge < -0.3 is 6.92 Å². The van der Waals surface area contributed by atoms with Crippen molar-refractivity contribution >= 4 is 0 Å². The molecule has 3 heteroatoms. The van der Waals surface area contributed by atoms with E-state index >= 15 is 0 Å². The summed E-state index contributed by atoms with van der Waals surface area (Å²) in [6, 6.07) is 0. The van der Waals surface area contributed by atoms with Crippen molar-refractivity contribution in [1.29, 1.82) is 0 Å². The van der Waals surface area contributed by atoms with Crippen LogP contribution in [0.25, 0.3) is 0 Å². The summed E-state index contributed by atoms with van der Waals surface area (Å²) in [7, 11) is 0. The Labute approximate surface area is 78.3 Å². The van der Waals surface area contributed by atoms with Gasteiger partial charge in [-0.3, -0.25) is 0 Å². The maximum absolute atomic E-state index is 8.50. The van der Waals surface area contributed by atoms with Gasteiger partial charge in [0.25, 0.3) is 0 Å². The average Bonchev–Trinajstić information content (AvgIpc) is 2.00. The van der Waals surface area contributed by atoms with E-state index in [2.05, 4.69) is 13.8 Å². The molecule has 0 N–H and O–H groups in total. The van der Waals surface area contributed by atoms with E-state index in [0.29, 0.717) is 0 Å².